The number of hydrogen-bond acceptors (Lipinski definition) is 3. The van der Waals surface area contributed by atoms with Gasteiger partial charge in [0.25, 0.3) is 5.78 Å². The molecule has 0 aliphatic rings. The van der Waals surface area contributed by atoms with Gasteiger partial charge < -0.3 is 0 Å². The van der Waals surface area contributed by atoms with Crippen molar-refractivity contribution < 1.29 is 13.6 Å². The Morgan fingerprint density at radius 1 is 1.25 bits per heavy atom. The lowest BCUT2D eigenvalue weighted by Gasteiger charge is -1.94. The molecule has 0 aliphatic carbocycles. The molecule has 2 nitrogen and oxygen atoms in total. The minimum Gasteiger partial charge on any atom is -0.285 e. The highest BCUT2D eigenvalue weighted by Gasteiger charge is 2.21. The Morgan fingerprint density at radius 2 is 1.94 bits per heavy atom. The van der Waals surface area contributed by atoms with E-state index in [-0.39, 0.29) is 5.01 Å². The Balaban J connectivity index is 2.30. The predicted octanol–water partition coefficient (Wildman–Crippen LogP) is 3.26. The van der Waals surface area contributed by atoms with Crippen LogP contribution in [0, 0.1) is 0 Å². The van der Waals surface area contributed by atoms with E-state index in [4.69, 9.17) is 0 Å². The molecule has 0 atom stereocenters. The molecule has 1 heterocycles. The highest BCUT2D eigenvalue weighted by atomic mass is 32.1. The van der Waals surface area contributed by atoms with Gasteiger partial charge in [-0.3, -0.25) is 4.79 Å². The van der Waals surface area contributed by atoms with Crippen molar-refractivity contribution in [1.82, 2.24) is 4.98 Å². The molecular weight excluding hydrogens is 232 g/mol. The van der Waals surface area contributed by atoms with Crippen LogP contribution < -0.4 is 0 Å². The molecule has 0 amide bonds. The van der Waals surface area contributed by atoms with E-state index >= 15 is 0 Å². The van der Waals surface area contributed by atoms with Crippen LogP contribution in [0.15, 0.2) is 35.7 Å². The summed E-state index contributed by atoms with van der Waals surface area (Å²) in [4.78, 5) is 14.9. The Labute approximate surface area is 94.6 Å². The summed E-state index contributed by atoms with van der Waals surface area (Å²) >= 11 is 0.940. The second-order valence-corrected chi connectivity index (χ2v) is 3.93. The predicted molar refractivity (Wildman–Crippen MR) is 57.9 cm³/mol. The molecule has 0 N–H and O–H groups in total. The van der Waals surface area contributed by atoms with E-state index in [1.54, 1.807) is 5.38 Å². The standard InChI is InChI=1S/C11H7F2NOS/c12-10(13)9(15)11-14-8(6-16-11)7-4-2-1-3-5-7/h1-6,10H. The highest BCUT2D eigenvalue weighted by Crippen LogP contribution is 2.22. The van der Waals surface area contributed by atoms with Gasteiger partial charge in [0, 0.05) is 10.9 Å². The zero-order valence-electron chi connectivity index (χ0n) is 8.06. The van der Waals surface area contributed by atoms with Crippen LogP contribution in [0.25, 0.3) is 11.3 Å². The van der Waals surface area contributed by atoms with E-state index < -0.39 is 12.2 Å². The summed E-state index contributed by atoms with van der Waals surface area (Å²) in [7, 11) is 0. The second kappa shape index (κ2) is 4.49. The number of rotatable bonds is 3. The summed E-state index contributed by atoms with van der Waals surface area (Å²) in [6.45, 7) is 0. The minimum atomic E-state index is -2.99. The monoisotopic (exact) mass is 239 g/mol. The van der Waals surface area contributed by atoms with Crippen molar-refractivity contribution in [2.24, 2.45) is 0 Å². The molecule has 0 saturated carbocycles. The molecule has 0 unspecified atom stereocenters. The van der Waals surface area contributed by atoms with Gasteiger partial charge in [-0.2, -0.15) is 0 Å². The topological polar surface area (TPSA) is 30.0 Å². The molecule has 1 aromatic heterocycles. The summed E-state index contributed by atoms with van der Waals surface area (Å²) < 4.78 is 24.3. The second-order valence-electron chi connectivity index (χ2n) is 3.07. The van der Waals surface area contributed by atoms with Crippen LogP contribution in [0.5, 0.6) is 0 Å². The maximum Gasteiger partial charge on any atom is 0.303 e. The SMILES string of the molecule is O=C(c1nc(-c2ccccc2)cs1)C(F)F. The van der Waals surface area contributed by atoms with Gasteiger partial charge in [-0.25, -0.2) is 13.8 Å². The molecule has 0 saturated heterocycles. The molecule has 0 fully saturated rings. The van der Waals surface area contributed by atoms with Gasteiger partial charge in [0.2, 0.25) is 0 Å². The van der Waals surface area contributed by atoms with Crippen molar-refractivity contribution in [1.29, 1.82) is 0 Å². The molecule has 1 aromatic carbocycles. The largest absolute Gasteiger partial charge is 0.303 e. The van der Waals surface area contributed by atoms with Gasteiger partial charge in [-0.1, -0.05) is 30.3 Å². The Hall–Kier alpha value is -1.62. The average molecular weight is 239 g/mol. The van der Waals surface area contributed by atoms with E-state index in [0.717, 1.165) is 16.9 Å². The van der Waals surface area contributed by atoms with E-state index in [2.05, 4.69) is 4.98 Å². The molecule has 0 spiro atoms. The van der Waals surface area contributed by atoms with Crippen LogP contribution in [0.3, 0.4) is 0 Å². The van der Waals surface area contributed by atoms with Crippen molar-refractivity contribution in [3.63, 3.8) is 0 Å². The first kappa shape index (κ1) is 10.9. The van der Waals surface area contributed by atoms with Crippen LogP contribution in [-0.4, -0.2) is 17.2 Å². The summed E-state index contributed by atoms with van der Waals surface area (Å²) in [5, 5.41) is 1.46. The van der Waals surface area contributed by atoms with Crippen molar-refractivity contribution in [3.05, 3.63) is 40.7 Å². The third-order valence-corrected chi connectivity index (χ3v) is 2.84. The first-order valence-electron chi connectivity index (χ1n) is 4.52. The first-order valence-corrected chi connectivity index (χ1v) is 5.40. The summed E-state index contributed by atoms with van der Waals surface area (Å²) in [6.07, 6.45) is -2.99. The van der Waals surface area contributed by atoms with Crippen LogP contribution in [0.4, 0.5) is 8.78 Å². The summed E-state index contributed by atoms with van der Waals surface area (Å²) in [5.41, 5.74) is 1.36. The molecule has 0 bridgehead atoms. The third-order valence-electron chi connectivity index (χ3n) is 1.98. The first-order chi connectivity index (χ1) is 7.68. The molecule has 5 heteroatoms. The number of nitrogens with zero attached hydrogens (tertiary/aromatic N) is 1. The van der Waals surface area contributed by atoms with Crippen LogP contribution in [-0.2, 0) is 0 Å². The minimum absolute atomic E-state index is 0.145. The number of hydrogen-bond donors (Lipinski definition) is 0. The number of alkyl halides is 2. The van der Waals surface area contributed by atoms with Gasteiger partial charge in [0.05, 0.1) is 5.69 Å². The fourth-order valence-corrected chi connectivity index (χ4v) is 1.99. The van der Waals surface area contributed by atoms with Crippen molar-refractivity contribution >= 4 is 17.1 Å². The van der Waals surface area contributed by atoms with Crippen LogP contribution >= 0.6 is 11.3 Å². The molecular formula is C11H7F2NOS. The number of benzene rings is 1. The van der Waals surface area contributed by atoms with Crippen molar-refractivity contribution in [2.45, 2.75) is 6.43 Å². The zero-order chi connectivity index (χ0) is 11.5. The normalized spacial score (nSPS) is 10.7. The van der Waals surface area contributed by atoms with Gasteiger partial charge in [-0.05, 0) is 0 Å². The highest BCUT2D eigenvalue weighted by molar-refractivity contribution is 7.12. The third kappa shape index (κ3) is 2.14. The summed E-state index contributed by atoms with van der Waals surface area (Å²) in [6, 6.07) is 9.12. The van der Waals surface area contributed by atoms with Crippen LogP contribution in [0.1, 0.15) is 9.80 Å². The molecule has 2 aromatic rings. The van der Waals surface area contributed by atoms with Gasteiger partial charge in [0.1, 0.15) is 0 Å². The maximum atomic E-state index is 12.1. The van der Waals surface area contributed by atoms with Gasteiger partial charge in [0.15, 0.2) is 5.01 Å². The Morgan fingerprint density at radius 3 is 2.56 bits per heavy atom. The number of ketones is 1. The lowest BCUT2D eigenvalue weighted by Crippen LogP contribution is -2.09. The molecule has 0 aliphatic heterocycles. The number of halogens is 2. The number of carbonyl (C=O) groups excluding carboxylic acids is 1. The quantitative estimate of drug-likeness (QED) is 0.769. The lowest BCUT2D eigenvalue weighted by atomic mass is 10.2. The van der Waals surface area contributed by atoms with Gasteiger partial charge >= 0.3 is 6.43 Å². The molecule has 16 heavy (non-hydrogen) atoms. The maximum absolute atomic E-state index is 12.1. The Bertz CT molecular complexity index is 496. The van der Waals surface area contributed by atoms with Crippen molar-refractivity contribution in [3.8, 4) is 11.3 Å². The van der Waals surface area contributed by atoms with E-state index in [1.165, 1.54) is 0 Å². The smallest absolute Gasteiger partial charge is 0.285 e. The number of aromatic nitrogens is 1. The fraction of sp³-hybridized carbons (Fsp3) is 0.0909. The zero-order valence-corrected chi connectivity index (χ0v) is 8.88. The van der Waals surface area contributed by atoms with E-state index in [0.29, 0.717) is 5.69 Å². The van der Waals surface area contributed by atoms with Crippen LogP contribution in [0.2, 0.25) is 0 Å². The average Bonchev–Trinajstić information content (AvgIpc) is 2.78. The van der Waals surface area contributed by atoms with E-state index in [9.17, 15) is 13.6 Å². The molecule has 82 valence electrons. The van der Waals surface area contributed by atoms with Crippen molar-refractivity contribution in [2.75, 3.05) is 0 Å². The fourth-order valence-electron chi connectivity index (χ4n) is 1.22. The number of carbonyl (C=O) groups is 1. The molecule has 0 radical (unpaired) electrons. The number of thiazole rings is 1. The Kier molecular flexibility index (Phi) is 3.05. The van der Waals surface area contributed by atoms with Gasteiger partial charge in [-0.15, -0.1) is 11.3 Å². The lowest BCUT2D eigenvalue weighted by molar-refractivity contribution is 0.0678. The summed E-state index contributed by atoms with van der Waals surface area (Å²) in [5.74, 6) is -1.22. The number of Topliss-reactive ketones (excluding diaryl/α,β-unsaturated/α-hetero) is 1. The van der Waals surface area contributed by atoms with E-state index in [1.807, 2.05) is 30.3 Å². The molecule has 2 rings (SSSR count).